The third-order valence-electron chi connectivity index (χ3n) is 2.44. The molecule has 0 fully saturated rings. The largest absolute Gasteiger partial charge is 0.573 e. The number of nitrogens with two attached hydrogens (primary N) is 1. The van der Waals surface area contributed by atoms with Crippen LogP contribution in [-0.2, 0) is 0 Å². The Morgan fingerprint density at radius 1 is 1.10 bits per heavy atom. The lowest BCUT2D eigenvalue weighted by atomic mass is 10.0. The maximum Gasteiger partial charge on any atom is 0.573 e. The number of nitrogens with zero attached hydrogens (tertiary/aromatic N) is 1. The number of ketones is 1. The fourth-order valence-electron chi connectivity index (χ4n) is 1.56. The van der Waals surface area contributed by atoms with Gasteiger partial charge in [0.25, 0.3) is 0 Å². The van der Waals surface area contributed by atoms with Crippen LogP contribution in [-0.4, -0.2) is 17.1 Å². The van der Waals surface area contributed by atoms with Crippen LogP contribution >= 0.6 is 0 Å². The zero-order valence-electron chi connectivity index (χ0n) is 10.0. The first-order chi connectivity index (χ1) is 9.37. The molecule has 0 amide bonds. The molecule has 2 aromatic rings. The highest BCUT2D eigenvalue weighted by Gasteiger charge is 2.32. The number of nitrogen functional groups attached to an aromatic ring is 1. The topological polar surface area (TPSA) is 65.2 Å². The van der Waals surface area contributed by atoms with Gasteiger partial charge in [-0.1, -0.05) is 0 Å². The van der Waals surface area contributed by atoms with E-state index >= 15 is 0 Å². The maximum absolute atomic E-state index is 12.2. The minimum absolute atomic E-state index is 0.0460. The summed E-state index contributed by atoms with van der Waals surface area (Å²) in [5.74, 6) is -1.04. The fraction of sp³-hybridized carbons (Fsp3) is 0.0769. The van der Waals surface area contributed by atoms with Gasteiger partial charge in [0.2, 0.25) is 0 Å². The molecule has 104 valence electrons. The van der Waals surface area contributed by atoms with Crippen molar-refractivity contribution in [1.82, 2.24) is 4.98 Å². The van der Waals surface area contributed by atoms with Gasteiger partial charge < -0.3 is 10.5 Å². The molecule has 1 aromatic carbocycles. The zero-order valence-corrected chi connectivity index (χ0v) is 10.0. The molecule has 1 heterocycles. The summed E-state index contributed by atoms with van der Waals surface area (Å²) in [7, 11) is 0. The summed E-state index contributed by atoms with van der Waals surface area (Å²) in [6.07, 6.45) is -2.04. The Morgan fingerprint density at radius 3 is 2.35 bits per heavy atom. The predicted molar refractivity (Wildman–Crippen MR) is 65.2 cm³/mol. The molecule has 0 bridgehead atoms. The van der Waals surface area contributed by atoms with Crippen molar-refractivity contribution in [3.8, 4) is 5.75 Å². The van der Waals surface area contributed by atoms with E-state index in [1.54, 1.807) is 0 Å². The molecule has 2 rings (SSSR count). The number of alkyl halides is 3. The van der Waals surface area contributed by atoms with Crippen LogP contribution in [0.2, 0.25) is 0 Å². The molecule has 0 aliphatic carbocycles. The second-order valence-electron chi connectivity index (χ2n) is 3.87. The van der Waals surface area contributed by atoms with Crippen LogP contribution in [0.3, 0.4) is 0 Å². The van der Waals surface area contributed by atoms with E-state index in [9.17, 15) is 18.0 Å². The van der Waals surface area contributed by atoms with Crippen LogP contribution in [0.1, 0.15) is 15.9 Å². The van der Waals surface area contributed by atoms with Gasteiger partial charge in [-0.2, -0.15) is 0 Å². The Balaban J connectivity index is 2.34. The van der Waals surface area contributed by atoms with Crippen molar-refractivity contribution >= 4 is 11.5 Å². The van der Waals surface area contributed by atoms with E-state index in [0.29, 0.717) is 5.56 Å². The van der Waals surface area contributed by atoms with Crippen molar-refractivity contribution in [2.75, 3.05) is 5.73 Å². The quantitative estimate of drug-likeness (QED) is 0.694. The lowest BCUT2D eigenvalue weighted by molar-refractivity contribution is -0.274. The Morgan fingerprint density at radius 2 is 1.75 bits per heavy atom. The van der Waals surface area contributed by atoms with Crippen LogP contribution in [0.5, 0.6) is 5.75 Å². The second-order valence-corrected chi connectivity index (χ2v) is 3.87. The molecule has 20 heavy (non-hydrogen) atoms. The number of aromatic nitrogens is 1. The zero-order chi connectivity index (χ0) is 14.8. The monoisotopic (exact) mass is 282 g/mol. The molecule has 7 heteroatoms. The van der Waals surface area contributed by atoms with Gasteiger partial charge in [-0.3, -0.25) is 9.78 Å². The third kappa shape index (κ3) is 3.25. The minimum atomic E-state index is -4.87. The number of benzene rings is 1. The summed E-state index contributed by atoms with van der Waals surface area (Å²) in [6.45, 7) is 0. The van der Waals surface area contributed by atoms with Crippen molar-refractivity contribution in [2.45, 2.75) is 6.36 Å². The maximum atomic E-state index is 12.2. The Hall–Kier alpha value is -2.57. The molecule has 0 atom stereocenters. The number of halogens is 3. The molecular weight excluding hydrogens is 273 g/mol. The van der Waals surface area contributed by atoms with Gasteiger partial charge in [-0.05, 0) is 30.3 Å². The smallest absolute Gasteiger partial charge is 0.404 e. The summed E-state index contributed by atoms with van der Waals surface area (Å²) < 4.78 is 40.4. The number of carbonyl (C=O) groups is 1. The lowest BCUT2D eigenvalue weighted by Crippen LogP contribution is -2.18. The number of anilines is 1. The van der Waals surface area contributed by atoms with Gasteiger partial charge in [-0.25, -0.2) is 0 Å². The number of hydrogen-bond acceptors (Lipinski definition) is 4. The highest BCUT2D eigenvalue weighted by Crippen LogP contribution is 2.29. The van der Waals surface area contributed by atoms with Crippen molar-refractivity contribution < 1.29 is 22.7 Å². The Bertz CT molecular complexity index is 627. The number of pyridine rings is 1. The highest BCUT2D eigenvalue weighted by atomic mass is 19.4. The van der Waals surface area contributed by atoms with Crippen LogP contribution in [0.4, 0.5) is 18.9 Å². The molecule has 4 nitrogen and oxygen atoms in total. The second kappa shape index (κ2) is 5.20. The van der Waals surface area contributed by atoms with Gasteiger partial charge in [-0.15, -0.1) is 13.2 Å². The first-order valence-corrected chi connectivity index (χ1v) is 5.47. The molecule has 0 spiro atoms. The third-order valence-corrected chi connectivity index (χ3v) is 2.44. The number of carbonyl (C=O) groups excluding carboxylic acids is 1. The average molecular weight is 282 g/mol. The first kappa shape index (κ1) is 13.9. The van der Waals surface area contributed by atoms with E-state index in [0.717, 1.165) is 6.07 Å². The Labute approximate surface area is 112 Å². The Kier molecular flexibility index (Phi) is 3.60. The fourth-order valence-corrected chi connectivity index (χ4v) is 1.56. The number of rotatable bonds is 3. The summed E-state index contributed by atoms with van der Waals surface area (Å²) >= 11 is 0. The van der Waals surface area contributed by atoms with Crippen LogP contribution in [0.15, 0.2) is 42.7 Å². The van der Waals surface area contributed by atoms with E-state index in [4.69, 9.17) is 5.73 Å². The normalized spacial score (nSPS) is 11.2. The van der Waals surface area contributed by atoms with E-state index in [1.807, 2.05) is 0 Å². The van der Waals surface area contributed by atoms with Crippen molar-refractivity contribution in [1.29, 1.82) is 0 Å². The van der Waals surface area contributed by atoms with Crippen molar-refractivity contribution in [3.05, 3.63) is 53.9 Å². The lowest BCUT2D eigenvalue weighted by Gasteiger charge is -2.12. The first-order valence-electron chi connectivity index (χ1n) is 5.47. The molecule has 1 aromatic heterocycles. The van der Waals surface area contributed by atoms with E-state index in [2.05, 4.69) is 9.72 Å². The predicted octanol–water partition coefficient (Wildman–Crippen LogP) is 2.79. The average Bonchev–Trinajstić information content (AvgIpc) is 2.40. The van der Waals surface area contributed by atoms with E-state index in [1.165, 1.54) is 36.7 Å². The van der Waals surface area contributed by atoms with Crippen LogP contribution < -0.4 is 10.5 Å². The summed E-state index contributed by atoms with van der Waals surface area (Å²) in [5.41, 5.74) is 5.54. The van der Waals surface area contributed by atoms with E-state index < -0.39 is 17.9 Å². The SMILES string of the molecule is Nc1ccc(C(=O)c2ccncc2)cc1OC(F)(F)F. The van der Waals surface area contributed by atoms with Crippen LogP contribution in [0.25, 0.3) is 0 Å². The van der Waals surface area contributed by atoms with E-state index in [-0.39, 0.29) is 11.3 Å². The summed E-state index contributed by atoms with van der Waals surface area (Å²) in [4.78, 5) is 15.8. The molecule has 0 aliphatic rings. The molecule has 0 aliphatic heterocycles. The van der Waals surface area contributed by atoms with Gasteiger partial charge in [0, 0.05) is 23.5 Å². The molecule has 0 saturated heterocycles. The molecular formula is C13H9F3N2O2. The van der Waals surface area contributed by atoms with Gasteiger partial charge in [0.1, 0.15) is 0 Å². The van der Waals surface area contributed by atoms with Gasteiger partial charge in [0.15, 0.2) is 11.5 Å². The molecule has 2 N–H and O–H groups in total. The summed E-state index contributed by atoms with van der Waals surface area (Å²) in [5, 5.41) is 0. The number of hydrogen-bond donors (Lipinski definition) is 1. The van der Waals surface area contributed by atoms with Gasteiger partial charge >= 0.3 is 6.36 Å². The van der Waals surface area contributed by atoms with Crippen molar-refractivity contribution in [3.63, 3.8) is 0 Å². The molecule has 0 saturated carbocycles. The van der Waals surface area contributed by atoms with Crippen LogP contribution in [0, 0.1) is 0 Å². The minimum Gasteiger partial charge on any atom is -0.404 e. The standard InChI is InChI=1S/C13H9F3N2O2/c14-13(15,16)20-11-7-9(1-2-10(11)17)12(19)8-3-5-18-6-4-8/h1-7H,17H2. The highest BCUT2D eigenvalue weighted by molar-refractivity contribution is 6.09. The van der Waals surface area contributed by atoms with Gasteiger partial charge in [0.05, 0.1) is 5.69 Å². The van der Waals surface area contributed by atoms with Crippen molar-refractivity contribution in [2.24, 2.45) is 0 Å². The molecule has 0 unspecified atom stereocenters. The summed E-state index contributed by atoms with van der Waals surface area (Å²) in [6, 6.07) is 6.41. The number of ether oxygens (including phenoxy) is 1. The molecule has 0 radical (unpaired) electrons.